The minimum absolute atomic E-state index is 0.190. The highest BCUT2D eigenvalue weighted by molar-refractivity contribution is 5.80. The van der Waals surface area contributed by atoms with Crippen LogP contribution in [-0.2, 0) is 20.6 Å². The Morgan fingerprint density at radius 2 is 1.58 bits per heavy atom. The summed E-state index contributed by atoms with van der Waals surface area (Å²) in [5.74, 6) is -0.515. The molecule has 0 spiro atoms. The van der Waals surface area contributed by atoms with E-state index in [1.54, 1.807) is 28.8 Å². The summed E-state index contributed by atoms with van der Waals surface area (Å²) < 4.78 is 30.2. The van der Waals surface area contributed by atoms with Gasteiger partial charge >= 0.3 is 5.69 Å². The van der Waals surface area contributed by atoms with E-state index in [0.717, 1.165) is 10.1 Å². The molecule has 0 saturated heterocycles. The van der Waals surface area contributed by atoms with Crippen LogP contribution >= 0.6 is 0 Å². The first-order valence-electron chi connectivity index (χ1n) is 9.30. The molecule has 4 aromatic rings. The van der Waals surface area contributed by atoms with Gasteiger partial charge in [-0.2, -0.15) is 10.1 Å². The van der Waals surface area contributed by atoms with E-state index in [2.05, 4.69) is 15.5 Å². The van der Waals surface area contributed by atoms with Gasteiger partial charge in [-0.15, -0.1) is 0 Å². The van der Waals surface area contributed by atoms with Gasteiger partial charge in [-0.05, 0) is 35.4 Å². The lowest BCUT2D eigenvalue weighted by Gasteiger charge is -2.09. The SMILES string of the molecule is Cn1c(=O)c2c(nc(N/N=C/c3ccc(F)cc3)n2Cc2ccc(F)cc2)n(C)c1=O. The van der Waals surface area contributed by atoms with E-state index in [1.165, 1.54) is 49.1 Å². The summed E-state index contributed by atoms with van der Waals surface area (Å²) in [4.78, 5) is 29.5. The monoisotopic (exact) mass is 424 g/mol. The molecule has 1 N–H and O–H groups in total. The van der Waals surface area contributed by atoms with E-state index >= 15 is 0 Å². The zero-order valence-electron chi connectivity index (χ0n) is 16.7. The van der Waals surface area contributed by atoms with Crippen molar-refractivity contribution in [3.63, 3.8) is 0 Å². The van der Waals surface area contributed by atoms with Crippen LogP contribution in [-0.4, -0.2) is 24.9 Å². The van der Waals surface area contributed by atoms with Crippen molar-refractivity contribution >= 4 is 23.3 Å². The number of nitrogens with one attached hydrogen (secondary N) is 1. The predicted octanol–water partition coefficient (Wildman–Crippen LogP) is 2.21. The molecular weight excluding hydrogens is 406 g/mol. The van der Waals surface area contributed by atoms with Gasteiger partial charge in [-0.3, -0.25) is 18.5 Å². The first kappa shape index (κ1) is 20.2. The number of hydrogen-bond acceptors (Lipinski definition) is 5. The van der Waals surface area contributed by atoms with Crippen LogP contribution < -0.4 is 16.7 Å². The number of aryl methyl sites for hydroxylation is 1. The number of hydrogen-bond donors (Lipinski definition) is 1. The van der Waals surface area contributed by atoms with E-state index in [4.69, 9.17) is 0 Å². The first-order valence-corrected chi connectivity index (χ1v) is 9.30. The molecule has 2 aromatic heterocycles. The van der Waals surface area contributed by atoms with E-state index in [1.807, 2.05) is 0 Å². The molecule has 0 aliphatic rings. The van der Waals surface area contributed by atoms with E-state index in [0.29, 0.717) is 5.56 Å². The fourth-order valence-corrected chi connectivity index (χ4v) is 3.17. The van der Waals surface area contributed by atoms with Gasteiger partial charge in [-0.25, -0.2) is 19.0 Å². The number of imidazole rings is 1. The number of fused-ring (bicyclic) bond motifs is 1. The molecule has 0 amide bonds. The highest BCUT2D eigenvalue weighted by atomic mass is 19.1. The molecule has 158 valence electrons. The summed E-state index contributed by atoms with van der Waals surface area (Å²) in [6.07, 6.45) is 1.47. The number of anilines is 1. The lowest BCUT2D eigenvalue weighted by Crippen LogP contribution is -2.37. The van der Waals surface area contributed by atoms with Crippen LogP contribution in [0.4, 0.5) is 14.7 Å². The van der Waals surface area contributed by atoms with Crippen LogP contribution in [0.25, 0.3) is 11.2 Å². The molecular formula is C21H18F2N6O2. The largest absolute Gasteiger partial charge is 0.332 e. The average molecular weight is 424 g/mol. The van der Waals surface area contributed by atoms with Crippen molar-refractivity contribution in [1.29, 1.82) is 0 Å². The van der Waals surface area contributed by atoms with Gasteiger partial charge in [0.15, 0.2) is 11.2 Å². The highest BCUT2D eigenvalue weighted by Crippen LogP contribution is 2.18. The second-order valence-electron chi connectivity index (χ2n) is 6.95. The fraction of sp³-hybridized carbons (Fsp3) is 0.143. The molecule has 31 heavy (non-hydrogen) atoms. The second kappa shape index (κ2) is 7.98. The lowest BCUT2D eigenvalue weighted by atomic mass is 10.2. The zero-order valence-corrected chi connectivity index (χ0v) is 16.7. The van der Waals surface area contributed by atoms with Gasteiger partial charge in [0.2, 0.25) is 5.95 Å². The Hall–Kier alpha value is -4.08. The normalized spacial score (nSPS) is 11.5. The standard InChI is InChI=1S/C21H18F2N6O2/c1-27-18-17(19(30)28(2)21(27)31)29(12-14-5-9-16(23)10-6-14)20(25-18)26-24-11-13-3-7-15(22)8-4-13/h3-11H,12H2,1-2H3,(H,25,26)/b24-11+. The average Bonchev–Trinajstić information content (AvgIpc) is 3.12. The Labute approximate surface area is 174 Å². The van der Waals surface area contributed by atoms with Crippen molar-refractivity contribution in [2.75, 3.05) is 5.43 Å². The maximum absolute atomic E-state index is 13.3. The molecule has 0 radical (unpaired) electrons. The molecule has 0 fully saturated rings. The van der Waals surface area contributed by atoms with Gasteiger partial charge in [0.1, 0.15) is 11.6 Å². The summed E-state index contributed by atoms with van der Waals surface area (Å²) in [5.41, 5.74) is 3.53. The second-order valence-corrected chi connectivity index (χ2v) is 6.95. The van der Waals surface area contributed by atoms with Crippen molar-refractivity contribution in [2.45, 2.75) is 6.54 Å². The van der Waals surface area contributed by atoms with E-state index < -0.39 is 11.2 Å². The third kappa shape index (κ3) is 3.87. The van der Waals surface area contributed by atoms with E-state index in [-0.39, 0.29) is 35.3 Å². The van der Waals surface area contributed by atoms with Crippen LogP contribution in [0.5, 0.6) is 0 Å². The summed E-state index contributed by atoms with van der Waals surface area (Å²) in [6, 6.07) is 11.6. The van der Waals surface area contributed by atoms with E-state index in [9.17, 15) is 18.4 Å². The molecule has 0 unspecified atom stereocenters. The Morgan fingerprint density at radius 1 is 0.968 bits per heavy atom. The first-order chi connectivity index (χ1) is 14.8. The Balaban J connectivity index is 1.80. The number of nitrogens with zero attached hydrogens (tertiary/aromatic N) is 5. The quantitative estimate of drug-likeness (QED) is 0.393. The summed E-state index contributed by atoms with van der Waals surface area (Å²) >= 11 is 0. The zero-order chi connectivity index (χ0) is 22.1. The topological polar surface area (TPSA) is 86.2 Å². The maximum atomic E-state index is 13.3. The highest BCUT2D eigenvalue weighted by Gasteiger charge is 2.19. The van der Waals surface area contributed by atoms with Gasteiger partial charge in [0, 0.05) is 14.1 Å². The number of halogens is 2. The molecule has 0 atom stereocenters. The molecule has 2 aromatic carbocycles. The van der Waals surface area contributed by atoms with Crippen LogP contribution in [0.1, 0.15) is 11.1 Å². The van der Waals surface area contributed by atoms with Gasteiger partial charge in [-0.1, -0.05) is 24.3 Å². The van der Waals surface area contributed by atoms with Crippen molar-refractivity contribution in [3.05, 3.63) is 92.1 Å². The Morgan fingerprint density at radius 3 is 2.23 bits per heavy atom. The molecule has 0 aliphatic heterocycles. The van der Waals surface area contributed by atoms with Gasteiger partial charge in [0.05, 0.1) is 12.8 Å². The Bertz CT molecular complexity index is 1400. The molecule has 0 saturated carbocycles. The minimum atomic E-state index is -0.511. The van der Waals surface area contributed by atoms with Crippen molar-refractivity contribution < 1.29 is 8.78 Å². The minimum Gasteiger partial charge on any atom is -0.298 e. The third-order valence-electron chi connectivity index (χ3n) is 4.85. The molecule has 4 rings (SSSR count). The molecule has 8 nitrogen and oxygen atoms in total. The summed E-state index contributed by atoms with van der Waals surface area (Å²) in [5, 5.41) is 4.12. The predicted molar refractivity (Wildman–Crippen MR) is 113 cm³/mol. The third-order valence-corrected chi connectivity index (χ3v) is 4.85. The maximum Gasteiger partial charge on any atom is 0.332 e. The van der Waals surface area contributed by atoms with Crippen LogP contribution in [0, 0.1) is 11.6 Å². The Kier molecular flexibility index (Phi) is 5.20. The number of hydrazone groups is 1. The van der Waals surface area contributed by atoms with Crippen LogP contribution in [0.2, 0.25) is 0 Å². The van der Waals surface area contributed by atoms with Gasteiger partial charge < -0.3 is 0 Å². The van der Waals surface area contributed by atoms with Crippen molar-refractivity contribution in [1.82, 2.24) is 18.7 Å². The molecule has 10 heteroatoms. The van der Waals surface area contributed by atoms with Crippen molar-refractivity contribution in [2.24, 2.45) is 19.2 Å². The summed E-state index contributed by atoms with van der Waals surface area (Å²) in [7, 11) is 2.91. The molecule has 2 heterocycles. The number of aromatic nitrogens is 4. The summed E-state index contributed by atoms with van der Waals surface area (Å²) in [6.45, 7) is 0.193. The molecule has 0 aliphatic carbocycles. The van der Waals surface area contributed by atoms with Gasteiger partial charge in [0.25, 0.3) is 5.56 Å². The lowest BCUT2D eigenvalue weighted by molar-refractivity contribution is 0.626. The smallest absolute Gasteiger partial charge is 0.298 e. The van der Waals surface area contributed by atoms with Crippen LogP contribution in [0.15, 0.2) is 63.2 Å². The van der Waals surface area contributed by atoms with Crippen LogP contribution in [0.3, 0.4) is 0 Å². The van der Waals surface area contributed by atoms with Crippen molar-refractivity contribution in [3.8, 4) is 0 Å². The fourth-order valence-electron chi connectivity index (χ4n) is 3.17. The number of rotatable bonds is 5. The number of benzene rings is 2. The molecule has 0 bridgehead atoms.